The summed E-state index contributed by atoms with van der Waals surface area (Å²) in [6.07, 6.45) is 8.70. The number of carbonyl (C=O) groups excluding carboxylic acids is 2. The van der Waals surface area contributed by atoms with Gasteiger partial charge < -0.3 is 9.80 Å². The van der Waals surface area contributed by atoms with E-state index in [4.69, 9.17) is 0 Å². The number of hydrogen-bond donors (Lipinski definition) is 0. The second kappa shape index (κ2) is 6.71. The molecule has 1 unspecified atom stereocenters. The van der Waals surface area contributed by atoms with Gasteiger partial charge in [-0.3, -0.25) is 9.59 Å². The highest BCUT2D eigenvalue weighted by atomic mass is 19.1. The zero-order valence-electron chi connectivity index (χ0n) is 14.1. The third-order valence-corrected chi connectivity index (χ3v) is 4.86. The van der Waals surface area contributed by atoms with Crippen LogP contribution in [0.2, 0.25) is 0 Å². The number of nitrogens with zero attached hydrogens (tertiary/aromatic N) is 3. The average molecular weight is 351 g/mol. The molecule has 2 aliphatic heterocycles. The van der Waals surface area contributed by atoms with E-state index >= 15 is 0 Å². The summed E-state index contributed by atoms with van der Waals surface area (Å²) in [5, 5.41) is 0. The van der Waals surface area contributed by atoms with Crippen LogP contribution < -0.4 is 4.90 Å². The monoisotopic (exact) mass is 351 g/mol. The number of aliphatic imine (C=N–C) groups is 1. The number of anilines is 1. The van der Waals surface area contributed by atoms with Gasteiger partial charge in [0, 0.05) is 43.5 Å². The van der Waals surface area contributed by atoms with Gasteiger partial charge in [0.05, 0.1) is 11.6 Å². The van der Waals surface area contributed by atoms with Crippen LogP contribution in [0, 0.1) is 11.7 Å². The van der Waals surface area contributed by atoms with Crippen LogP contribution in [0.15, 0.2) is 65.2 Å². The molecule has 6 heteroatoms. The molecule has 4 rings (SSSR count). The number of hydrogen-bond acceptors (Lipinski definition) is 3. The molecule has 0 spiro atoms. The smallest absolute Gasteiger partial charge is 0.270 e. The Labute approximate surface area is 150 Å². The number of allylic oxidation sites excluding steroid dienone is 4. The van der Waals surface area contributed by atoms with Crippen molar-refractivity contribution in [3.8, 4) is 0 Å². The molecule has 0 bridgehead atoms. The van der Waals surface area contributed by atoms with Gasteiger partial charge in [-0.25, -0.2) is 9.38 Å². The molecule has 1 saturated heterocycles. The summed E-state index contributed by atoms with van der Waals surface area (Å²) in [6, 6.07) is 6.37. The van der Waals surface area contributed by atoms with E-state index in [1.165, 1.54) is 18.2 Å². The minimum Gasteiger partial charge on any atom is -0.368 e. The van der Waals surface area contributed by atoms with E-state index in [1.807, 2.05) is 18.2 Å². The van der Waals surface area contributed by atoms with E-state index in [9.17, 15) is 14.0 Å². The summed E-state index contributed by atoms with van der Waals surface area (Å²) in [4.78, 5) is 32.7. The van der Waals surface area contributed by atoms with Crippen LogP contribution in [-0.4, -0.2) is 48.6 Å². The highest BCUT2D eigenvalue weighted by molar-refractivity contribution is 6.18. The molecule has 5 nitrogen and oxygen atoms in total. The average Bonchev–Trinajstić information content (AvgIpc) is 2.67. The Hall–Kier alpha value is -3.02. The third kappa shape index (κ3) is 3.10. The van der Waals surface area contributed by atoms with Crippen molar-refractivity contribution in [2.24, 2.45) is 10.9 Å². The molecule has 0 saturated carbocycles. The highest BCUT2D eigenvalue weighted by Crippen LogP contribution is 2.26. The first-order valence-corrected chi connectivity index (χ1v) is 8.60. The Kier molecular flexibility index (Phi) is 4.24. The van der Waals surface area contributed by atoms with Crippen molar-refractivity contribution in [1.82, 2.24) is 4.90 Å². The van der Waals surface area contributed by atoms with E-state index in [0.29, 0.717) is 37.5 Å². The fourth-order valence-electron chi connectivity index (χ4n) is 3.48. The maximum absolute atomic E-state index is 13.1. The van der Waals surface area contributed by atoms with Crippen molar-refractivity contribution in [2.45, 2.75) is 0 Å². The van der Waals surface area contributed by atoms with Crippen LogP contribution in [0.25, 0.3) is 0 Å². The molecule has 132 valence electrons. The largest absolute Gasteiger partial charge is 0.368 e. The molecule has 0 aromatic heterocycles. The van der Waals surface area contributed by atoms with Gasteiger partial charge in [-0.2, -0.15) is 0 Å². The van der Waals surface area contributed by atoms with Gasteiger partial charge in [0.15, 0.2) is 0 Å². The van der Waals surface area contributed by atoms with E-state index in [-0.39, 0.29) is 23.5 Å². The van der Waals surface area contributed by atoms with Crippen LogP contribution in [-0.2, 0) is 9.59 Å². The fraction of sp³-hybridized carbons (Fsp3) is 0.250. The number of dihydropyridines is 1. The molecule has 2 amide bonds. The van der Waals surface area contributed by atoms with Gasteiger partial charge in [0.25, 0.3) is 11.8 Å². The van der Waals surface area contributed by atoms with Crippen molar-refractivity contribution in [3.63, 3.8) is 0 Å². The molecule has 3 aliphatic rings. The fourth-order valence-corrected chi connectivity index (χ4v) is 3.48. The first-order chi connectivity index (χ1) is 12.6. The topological polar surface area (TPSA) is 53.0 Å². The number of rotatable bonds is 2. The number of piperazine rings is 1. The Morgan fingerprint density at radius 1 is 1.08 bits per heavy atom. The Morgan fingerprint density at radius 3 is 2.54 bits per heavy atom. The molecule has 26 heavy (non-hydrogen) atoms. The second-order valence-electron chi connectivity index (χ2n) is 6.45. The Balaban J connectivity index is 1.45. The second-order valence-corrected chi connectivity index (χ2v) is 6.45. The third-order valence-electron chi connectivity index (χ3n) is 4.86. The SMILES string of the molecule is O=C1C=C(C(=O)N2CCN(c3ccc(F)cc3)CC2)C2C=CC=CC2=N1. The quantitative estimate of drug-likeness (QED) is 0.820. The van der Waals surface area contributed by atoms with E-state index in [0.717, 1.165) is 5.69 Å². The van der Waals surface area contributed by atoms with Gasteiger partial charge >= 0.3 is 0 Å². The molecule has 1 aromatic carbocycles. The standard InChI is InChI=1S/C20H18FN3O2/c21-14-5-7-15(8-6-14)23-9-11-24(12-10-23)20(26)17-13-19(25)22-18-4-2-1-3-16(17)18/h1-8,13,16H,9-12H2. The summed E-state index contributed by atoms with van der Waals surface area (Å²) >= 11 is 0. The first-order valence-electron chi connectivity index (χ1n) is 8.60. The van der Waals surface area contributed by atoms with Crippen LogP contribution in [0.5, 0.6) is 0 Å². The lowest BCUT2D eigenvalue weighted by atomic mass is 9.87. The number of halogens is 1. The molecule has 1 aromatic rings. The van der Waals surface area contributed by atoms with Crippen molar-refractivity contribution in [2.75, 3.05) is 31.1 Å². The van der Waals surface area contributed by atoms with Gasteiger partial charge in [-0.05, 0) is 30.3 Å². The predicted molar refractivity (Wildman–Crippen MR) is 97.5 cm³/mol. The Bertz CT molecular complexity index is 860. The maximum Gasteiger partial charge on any atom is 0.270 e. The number of benzene rings is 1. The van der Waals surface area contributed by atoms with Crippen molar-refractivity contribution in [3.05, 3.63) is 66.0 Å². The van der Waals surface area contributed by atoms with Gasteiger partial charge in [0.2, 0.25) is 0 Å². The maximum atomic E-state index is 13.1. The van der Waals surface area contributed by atoms with Crippen molar-refractivity contribution < 1.29 is 14.0 Å². The van der Waals surface area contributed by atoms with Crippen LogP contribution in [0.4, 0.5) is 10.1 Å². The summed E-state index contributed by atoms with van der Waals surface area (Å²) in [7, 11) is 0. The molecule has 2 heterocycles. The van der Waals surface area contributed by atoms with Crippen LogP contribution in [0.1, 0.15) is 0 Å². The van der Waals surface area contributed by atoms with Gasteiger partial charge in [-0.1, -0.05) is 18.2 Å². The van der Waals surface area contributed by atoms with E-state index in [2.05, 4.69) is 9.89 Å². The summed E-state index contributed by atoms with van der Waals surface area (Å²) < 4.78 is 13.1. The Morgan fingerprint density at radius 2 is 1.81 bits per heavy atom. The van der Waals surface area contributed by atoms with Crippen molar-refractivity contribution >= 4 is 23.2 Å². The van der Waals surface area contributed by atoms with Crippen LogP contribution in [0.3, 0.4) is 0 Å². The minimum absolute atomic E-state index is 0.116. The van der Waals surface area contributed by atoms with Gasteiger partial charge in [0.1, 0.15) is 5.82 Å². The minimum atomic E-state index is -0.385. The summed E-state index contributed by atoms with van der Waals surface area (Å²) in [5.74, 6) is -1.01. The molecular formula is C20H18FN3O2. The lowest BCUT2D eigenvalue weighted by Gasteiger charge is -2.37. The highest BCUT2D eigenvalue weighted by Gasteiger charge is 2.32. The van der Waals surface area contributed by atoms with Gasteiger partial charge in [-0.15, -0.1) is 0 Å². The molecular weight excluding hydrogens is 333 g/mol. The molecule has 0 radical (unpaired) electrons. The first kappa shape index (κ1) is 16.4. The normalized spacial score (nSPS) is 22.0. The molecule has 1 aliphatic carbocycles. The number of amides is 2. The zero-order chi connectivity index (χ0) is 18.1. The molecule has 0 N–H and O–H groups in total. The van der Waals surface area contributed by atoms with Crippen molar-refractivity contribution in [1.29, 1.82) is 0 Å². The predicted octanol–water partition coefficient (Wildman–Crippen LogP) is 2.12. The molecule has 1 fully saturated rings. The summed E-state index contributed by atoms with van der Waals surface area (Å²) in [6.45, 7) is 2.45. The summed E-state index contributed by atoms with van der Waals surface area (Å²) in [5.41, 5.74) is 2.05. The van der Waals surface area contributed by atoms with E-state index in [1.54, 1.807) is 23.1 Å². The molecule has 1 atom stereocenters. The lowest BCUT2D eigenvalue weighted by molar-refractivity contribution is -0.128. The number of carbonyl (C=O) groups is 2. The lowest BCUT2D eigenvalue weighted by Crippen LogP contribution is -2.50. The zero-order valence-corrected chi connectivity index (χ0v) is 14.1. The van der Waals surface area contributed by atoms with E-state index < -0.39 is 0 Å². The van der Waals surface area contributed by atoms with Crippen LogP contribution >= 0.6 is 0 Å². The number of fused-ring (bicyclic) bond motifs is 1.